The predicted molar refractivity (Wildman–Crippen MR) is 138 cm³/mol. The first-order valence-electron chi connectivity index (χ1n) is 10.9. The van der Waals surface area contributed by atoms with Gasteiger partial charge in [-0.05, 0) is 67.9 Å². The number of carbonyl (C=O) groups excluding carboxylic acids is 2. The summed E-state index contributed by atoms with van der Waals surface area (Å²) in [4.78, 5) is 35.0. The van der Waals surface area contributed by atoms with Crippen LogP contribution in [-0.4, -0.2) is 35.7 Å². The number of nitro benzene ring substituents is 1. The van der Waals surface area contributed by atoms with Crippen LogP contribution in [0.25, 0.3) is 0 Å². The Hall–Kier alpha value is -4.15. The van der Waals surface area contributed by atoms with Crippen molar-refractivity contribution in [1.82, 2.24) is 5.43 Å². The smallest absolute Gasteiger partial charge is 0.345 e. The van der Waals surface area contributed by atoms with E-state index in [9.17, 15) is 19.7 Å². The maximum Gasteiger partial charge on any atom is 0.345 e. The lowest BCUT2D eigenvalue weighted by Gasteiger charge is -2.13. The first kappa shape index (κ1) is 27.4. The summed E-state index contributed by atoms with van der Waals surface area (Å²) in [7, 11) is 0. The molecule has 0 aliphatic carbocycles. The van der Waals surface area contributed by atoms with Crippen molar-refractivity contribution >= 4 is 47.0 Å². The molecular formula is C25H21Cl2N3O7. The fraction of sp³-hybridized carbons (Fsp3) is 0.160. The average Bonchev–Trinajstić information content (AvgIpc) is 2.85. The third kappa shape index (κ3) is 7.66. The first-order chi connectivity index (χ1) is 17.7. The van der Waals surface area contributed by atoms with Gasteiger partial charge in [0.25, 0.3) is 11.6 Å². The van der Waals surface area contributed by atoms with Crippen LogP contribution in [0.3, 0.4) is 0 Å². The van der Waals surface area contributed by atoms with Crippen molar-refractivity contribution in [3.63, 3.8) is 0 Å². The van der Waals surface area contributed by atoms with Gasteiger partial charge in [-0.15, -0.1) is 0 Å². The van der Waals surface area contributed by atoms with Crippen LogP contribution in [0.1, 0.15) is 29.8 Å². The molecule has 0 aliphatic heterocycles. The molecule has 0 aromatic heterocycles. The van der Waals surface area contributed by atoms with Gasteiger partial charge >= 0.3 is 5.97 Å². The molecule has 10 nitrogen and oxygen atoms in total. The van der Waals surface area contributed by atoms with Crippen LogP contribution in [0.2, 0.25) is 10.0 Å². The predicted octanol–water partition coefficient (Wildman–Crippen LogP) is 5.44. The number of nitrogens with zero attached hydrogens (tertiary/aromatic N) is 2. The van der Waals surface area contributed by atoms with E-state index in [2.05, 4.69) is 10.5 Å². The molecule has 0 radical (unpaired) electrons. The third-order valence-electron chi connectivity index (χ3n) is 4.74. The lowest BCUT2D eigenvalue weighted by atomic mass is 10.2. The third-order valence-corrected chi connectivity index (χ3v) is 5.29. The Labute approximate surface area is 221 Å². The largest absolute Gasteiger partial charge is 0.490 e. The van der Waals surface area contributed by atoms with E-state index in [-0.39, 0.29) is 27.8 Å². The standard InChI is InChI=1S/C25H21Cl2N3O7/c1-3-35-23-12-16(4-11-22(23)37-25(32)20-10-5-17(26)13-21(20)27)14-28-29-24(31)15(2)36-19-8-6-18(7-9-19)30(33)34/h4-15H,3H2,1-2H3,(H,29,31). The lowest BCUT2D eigenvalue weighted by Crippen LogP contribution is -2.33. The molecule has 0 heterocycles. The average molecular weight is 546 g/mol. The highest BCUT2D eigenvalue weighted by atomic mass is 35.5. The number of halogens is 2. The quantitative estimate of drug-likeness (QED) is 0.118. The molecule has 0 bridgehead atoms. The van der Waals surface area contributed by atoms with E-state index in [0.717, 1.165) is 0 Å². The molecule has 3 aromatic carbocycles. The Balaban J connectivity index is 1.63. The van der Waals surface area contributed by atoms with Crippen LogP contribution in [0.4, 0.5) is 5.69 Å². The summed E-state index contributed by atoms with van der Waals surface area (Å²) in [6, 6.07) is 14.5. The topological polar surface area (TPSA) is 129 Å². The van der Waals surface area contributed by atoms with E-state index in [1.165, 1.54) is 61.7 Å². The second kappa shape index (κ2) is 12.7. The number of nitrogens with one attached hydrogen (secondary N) is 1. The summed E-state index contributed by atoms with van der Waals surface area (Å²) in [6.07, 6.45) is 0.458. The molecule has 12 heteroatoms. The van der Waals surface area contributed by atoms with Crippen molar-refractivity contribution in [2.75, 3.05) is 6.61 Å². The molecule has 3 aromatic rings. The maximum atomic E-state index is 12.6. The minimum Gasteiger partial charge on any atom is -0.490 e. The maximum absolute atomic E-state index is 12.6. The van der Waals surface area contributed by atoms with E-state index < -0.39 is 22.9 Å². The number of hydrogen-bond donors (Lipinski definition) is 1. The Morgan fingerprint density at radius 2 is 1.81 bits per heavy atom. The van der Waals surface area contributed by atoms with Crippen molar-refractivity contribution < 1.29 is 28.7 Å². The van der Waals surface area contributed by atoms with E-state index in [4.69, 9.17) is 37.4 Å². The lowest BCUT2D eigenvalue weighted by molar-refractivity contribution is -0.384. The second-order valence-electron chi connectivity index (χ2n) is 7.40. The highest BCUT2D eigenvalue weighted by Gasteiger charge is 2.17. The number of amides is 1. The molecule has 3 rings (SSSR count). The van der Waals surface area contributed by atoms with Gasteiger partial charge in [-0.1, -0.05) is 23.2 Å². The van der Waals surface area contributed by atoms with E-state index in [0.29, 0.717) is 22.9 Å². The molecule has 0 saturated carbocycles. The number of hydrazone groups is 1. The molecule has 37 heavy (non-hydrogen) atoms. The summed E-state index contributed by atoms with van der Waals surface area (Å²) in [5.41, 5.74) is 2.97. The van der Waals surface area contributed by atoms with Crippen molar-refractivity contribution in [3.8, 4) is 17.2 Å². The fourth-order valence-electron chi connectivity index (χ4n) is 2.93. The van der Waals surface area contributed by atoms with Crippen LogP contribution >= 0.6 is 23.2 Å². The van der Waals surface area contributed by atoms with E-state index >= 15 is 0 Å². The second-order valence-corrected chi connectivity index (χ2v) is 8.24. The van der Waals surface area contributed by atoms with Gasteiger partial charge in [0.15, 0.2) is 17.6 Å². The number of ether oxygens (including phenoxy) is 3. The minimum absolute atomic E-state index is 0.0879. The Morgan fingerprint density at radius 1 is 1.08 bits per heavy atom. The van der Waals surface area contributed by atoms with E-state index in [1.807, 2.05) is 0 Å². The molecular weight excluding hydrogens is 525 g/mol. The van der Waals surface area contributed by atoms with Gasteiger partial charge in [0, 0.05) is 17.2 Å². The molecule has 192 valence electrons. The molecule has 0 fully saturated rings. The van der Waals surface area contributed by atoms with Crippen molar-refractivity contribution in [1.29, 1.82) is 0 Å². The van der Waals surface area contributed by atoms with Crippen LogP contribution in [0, 0.1) is 10.1 Å². The molecule has 1 unspecified atom stereocenters. The highest BCUT2D eigenvalue weighted by molar-refractivity contribution is 6.36. The first-order valence-corrected chi connectivity index (χ1v) is 11.6. The highest BCUT2D eigenvalue weighted by Crippen LogP contribution is 2.30. The summed E-state index contributed by atoms with van der Waals surface area (Å²) in [6.45, 7) is 3.59. The van der Waals surface area contributed by atoms with Gasteiger partial charge in [-0.3, -0.25) is 14.9 Å². The van der Waals surface area contributed by atoms with Gasteiger partial charge in [0.1, 0.15) is 5.75 Å². The Morgan fingerprint density at radius 3 is 2.46 bits per heavy atom. The summed E-state index contributed by atoms with van der Waals surface area (Å²) in [5.74, 6) is -0.470. The number of carbonyl (C=O) groups is 2. The summed E-state index contributed by atoms with van der Waals surface area (Å²) >= 11 is 12.0. The minimum atomic E-state index is -0.918. The van der Waals surface area contributed by atoms with Crippen molar-refractivity contribution in [2.24, 2.45) is 5.10 Å². The number of esters is 1. The monoisotopic (exact) mass is 545 g/mol. The Bertz CT molecular complexity index is 1330. The van der Waals surface area contributed by atoms with E-state index in [1.54, 1.807) is 19.1 Å². The molecule has 0 aliphatic rings. The van der Waals surface area contributed by atoms with Crippen LogP contribution in [0.15, 0.2) is 65.8 Å². The van der Waals surface area contributed by atoms with Gasteiger partial charge in [0.05, 0.1) is 28.3 Å². The van der Waals surface area contributed by atoms with Gasteiger partial charge in [0.2, 0.25) is 0 Å². The van der Waals surface area contributed by atoms with Crippen LogP contribution < -0.4 is 19.6 Å². The Kier molecular flexibility index (Phi) is 9.42. The van der Waals surface area contributed by atoms with Crippen LogP contribution in [0.5, 0.6) is 17.2 Å². The zero-order chi connectivity index (χ0) is 26.9. The van der Waals surface area contributed by atoms with Gasteiger partial charge in [-0.25, -0.2) is 10.2 Å². The molecule has 0 spiro atoms. The number of nitro groups is 1. The summed E-state index contributed by atoms with van der Waals surface area (Å²) in [5, 5.41) is 15.2. The number of benzene rings is 3. The van der Waals surface area contributed by atoms with Crippen LogP contribution in [-0.2, 0) is 4.79 Å². The normalized spacial score (nSPS) is 11.6. The number of rotatable bonds is 10. The van der Waals surface area contributed by atoms with Crippen molar-refractivity contribution in [3.05, 3.63) is 92.0 Å². The van der Waals surface area contributed by atoms with Gasteiger partial charge < -0.3 is 14.2 Å². The molecule has 1 amide bonds. The van der Waals surface area contributed by atoms with Gasteiger partial charge in [-0.2, -0.15) is 5.10 Å². The molecule has 1 N–H and O–H groups in total. The number of hydrogen-bond acceptors (Lipinski definition) is 8. The molecule has 0 saturated heterocycles. The fourth-order valence-corrected chi connectivity index (χ4v) is 3.42. The van der Waals surface area contributed by atoms with Crippen molar-refractivity contribution in [2.45, 2.75) is 20.0 Å². The number of non-ortho nitro benzene ring substituents is 1. The zero-order valence-corrected chi connectivity index (χ0v) is 21.2. The molecule has 1 atom stereocenters. The SMILES string of the molecule is CCOc1cc(C=NNC(=O)C(C)Oc2ccc([N+](=O)[O-])cc2)ccc1OC(=O)c1ccc(Cl)cc1Cl. The zero-order valence-electron chi connectivity index (χ0n) is 19.6. The summed E-state index contributed by atoms with van der Waals surface area (Å²) < 4.78 is 16.5.